The minimum absolute atomic E-state index is 0.224. The zero-order valence-electron chi connectivity index (χ0n) is 15.8. The summed E-state index contributed by atoms with van der Waals surface area (Å²) in [4.78, 5) is 24.8. The molecular formula is C23H20F2N2O2. The van der Waals surface area contributed by atoms with E-state index in [0.717, 1.165) is 11.6 Å². The Kier molecular flexibility index (Phi) is 6.34. The van der Waals surface area contributed by atoms with Gasteiger partial charge in [-0.1, -0.05) is 24.3 Å². The van der Waals surface area contributed by atoms with Crippen LogP contribution in [0.4, 0.5) is 14.5 Å². The number of nitrogens with one attached hydrogen (secondary N) is 2. The molecule has 0 aliphatic rings. The molecule has 0 saturated heterocycles. The van der Waals surface area contributed by atoms with Crippen molar-refractivity contribution in [2.75, 3.05) is 11.9 Å². The maximum atomic E-state index is 13.2. The van der Waals surface area contributed by atoms with Crippen LogP contribution in [-0.4, -0.2) is 18.4 Å². The van der Waals surface area contributed by atoms with E-state index in [1.54, 1.807) is 42.5 Å². The maximum absolute atomic E-state index is 13.2. The van der Waals surface area contributed by atoms with Gasteiger partial charge in [-0.2, -0.15) is 0 Å². The van der Waals surface area contributed by atoms with Gasteiger partial charge in [0.25, 0.3) is 11.8 Å². The molecule has 4 nitrogen and oxygen atoms in total. The highest BCUT2D eigenvalue weighted by molar-refractivity contribution is 6.05. The Hall–Kier alpha value is -3.54. The molecule has 148 valence electrons. The minimum Gasteiger partial charge on any atom is -0.352 e. The van der Waals surface area contributed by atoms with Crippen LogP contribution in [0.5, 0.6) is 0 Å². The molecule has 0 unspecified atom stereocenters. The Bertz CT molecular complexity index is 1020. The molecule has 6 heteroatoms. The standard InChI is InChI=1S/C23H20F2N2O2/c1-15-7-8-18(13-21(15)27-23(29)17-5-3-2-4-6-17)22(28)26-10-9-16-11-19(24)14-20(25)12-16/h2-8,11-14H,9-10H2,1H3,(H,26,28)(H,27,29). The molecule has 0 aromatic heterocycles. The van der Waals surface area contributed by atoms with Crippen molar-refractivity contribution in [3.05, 3.63) is 101 Å². The fourth-order valence-corrected chi connectivity index (χ4v) is 2.86. The summed E-state index contributed by atoms with van der Waals surface area (Å²) in [5.74, 6) is -1.90. The summed E-state index contributed by atoms with van der Waals surface area (Å²) in [5, 5.41) is 5.54. The van der Waals surface area contributed by atoms with Crippen LogP contribution in [0.1, 0.15) is 31.8 Å². The van der Waals surface area contributed by atoms with Gasteiger partial charge in [0.15, 0.2) is 0 Å². The normalized spacial score (nSPS) is 10.4. The SMILES string of the molecule is Cc1ccc(C(=O)NCCc2cc(F)cc(F)c2)cc1NC(=O)c1ccccc1. The second-order valence-corrected chi connectivity index (χ2v) is 6.63. The number of carbonyl (C=O) groups excluding carboxylic acids is 2. The molecule has 29 heavy (non-hydrogen) atoms. The number of amides is 2. The summed E-state index contributed by atoms with van der Waals surface area (Å²) in [6, 6.07) is 17.1. The molecule has 2 N–H and O–H groups in total. The third kappa shape index (κ3) is 5.48. The lowest BCUT2D eigenvalue weighted by molar-refractivity contribution is 0.0952. The molecule has 0 aliphatic heterocycles. The van der Waals surface area contributed by atoms with Crippen molar-refractivity contribution in [3.63, 3.8) is 0 Å². The largest absolute Gasteiger partial charge is 0.352 e. The van der Waals surface area contributed by atoms with Crippen molar-refractivity contribution in [2.24, 2.45) is 0 Å². The third-order valence-corrected chi connectivity index (χ3v) is 4.41. The highest BCUT2D eigenvalue weighted by Gasteiger charge is 2.11. The van der Waals surface area contributed by atoms with Crippen molar-refractivity contribution >= 4 is 17.5 Å². The minimum atomic E-state index is -0.649. The molecule has 0 saturated carbocycles. The fourth-order valence-electron chi connectivity index (χ4n) is 2.86. The molecule has 0 bridgehead atoms. The number of carbonyl (C=O) groups is 2. The van der Waals surface area contributed by atoms with Crippen molar-refractivity contribution in [1.82, 2.24) is 5.32 Å². The van der Waals surface area contributed by atoms with E-state index in [0.29, 0.717) is 28.8 Å². The van der Waals surface area contributed by atoms with E-state index >= 15 is 0 Å². The zero-order valence-corrected chi connectivity index (χ0v) is 15.8. The molecule has 0 heterocycles. The maximum Gasteiger partial charge on any atom is 0.255 e. The van der Waals surface area contributed by atoms with Gasteiger partial charge in [-0.3, -0.25) is 9.59 Å². The average molecular weight is 394 g/mol. The Morgan fingerprint density at radius 1 is 0.828 bits per heavy atom. The van der Waals surface area contributed by atoms with Crippen molar-refractivity contribution in [1.29, 1.82) is 0 Å². The number of hydrogen-bond donors (Lipinski definition) is 2. The lowest BCUT2D eigenvalue weighted by Crippen LogP contribution is -2.26. The van der Waals surface area contributed by atoms with Gasteiger partial charge in [-0.25, -0.2) is 8.78 Å². The smallest absolute Gasteiger partial charge is 0.255 e. The van der Waals surface area contributed by atoms with Crippen LogP contribution < -0.4 is 10.6 Å². The number of aryl methyl sites for hydroxylation is 1. The Balaban J connectivity index is 1.63. The number of halogens is 2. The number of benzene rings is 3. The molecule has 3 aromatic rings. The molecule has 3 rings (SSSR count). The van der Waals surface area contributed by atoms with Crippen molar-refractivity contribution in [2.45, 2.75) is 13.3 Å². The quantitative estimate of drug-likeness (QED) is 0.647. The molecule has 0 radical (unpaired) electrons. The van der Waals surface area contributed by atoms with Crippen molar-refractivity contribution < 1.29 is 18.4 Å². The first kappa shape index (κ1) is 20.2. The average Bonchev–Trinajstić information content (AvgIpc) is 2.69. The fraction of sp³-hybridized carbons (Fsp3) is 0.130. The Morgan fingerprint density at radius 2 is 1.52 bits per heavy atom. The van der Waals surface area contributed by atoms with Crippen LogP contribution in [-0.2, 0) is 6.42 Å². The van der Waals surface area contributed by atoms with E-state index in [-0.39, 0.29) is 18.4 Å². The van der Waals surface area contributed by atoms with Crippen LogP contribution in [0.3, 0.4) is 0 Å². The highest BCUT2D eigenvalue weighted by atomic mass is 19.1. The predicted molar refractivity (Wildman–Crippen MR) is 108 cm³/mol. The van der Waals surface area contributed by atoms with E-state index < -0.39 is 11.6 Å². The molecule has 0 aliphatic carbocycles. The number of hydrogen-bond acceptors (Lipinski definition) is 2. The summed E-state index contributed by atoms with van der Waals surface area (Å²) >= 11 is 0. The summed E-state index contributed by atoms with van der Waals surface area (Å²) in [6.07, 6.45) is 0.296. The summed E-state index contributed by atoms with van der Waals surface area (Å²) in [7, 11) is 0. The Morgan fingerprint density at radius 3 is 2.21 bits per heavy atom. The van der Waals surface area contributed by atoms with Crippen LogP contribution >= 0.6 is 0 Å². The summed E-state index contributed by atoms with van der Waals surface area (Å²) in [6.45, 7) is 2.06. The van der Waals surface area contributed by atoms with Crippen molar-refractivity contribution in [3.8, 4) is 0 Å². The molecule has 2 amide bonds. The van der Waals surface area contributed by atoms with Crippen LogP contribution in [0.25, 0.3) is 0 Å². The lowest BCUT2D eigenvalue weighted by atomic mass is 10.1. The van der Waals surface area contributed by atoms with Gasteiger partial charge in [-0.15, -0.1) is 0 Å². The van der Waals surface area contributed by atoms with E-state index in [2.05, 4.69) is 10.6 Å². The van der Waals surface area contributed by atoms with Gasteiger partial charge in [-0.05, 0) is 60.9 Å². The molecule has 0 spiro atoms. The Labute approximate surface area is 167 Å². The van der Waals surface area contributed by atoms with E-state index in [4.69, 9.17) is 0 Å². The summed E-state index contributed by atoms with van der Waals surface area (Å²) < 4.78 is 26.5. The monoisotopic (exact) mass is 394 g/mol. The van der Waals surface area contributed by atoms with E-state index in [1.165, 1.54) is 12.1 Å². The molecular weight excluding hydrogens is 374 g/mol. The highest BCUT2D eigenvalue weighted by Crippen LogP contribution is 2.18. The molecule has 3 aromatic carbocycles. The first-order valence-electron chi connectivity index (χ1n) is 9.12. The van der Waals surface area contributed by atoms with Crippen LogP contribution in [0.15, 0.2) is 66.7 Å². The van der Waals surface area contributed by atoms with E-state index in [1.807, 2.05) is 13.0 Å². The van der Waals surface area contributed by atoms with E-state index in [9.17, 15) is 18.4 Å². The zero-order chi connectivity index (χ0) is 20.8. The third-order valence-electron chi connectivity index (χ3n) is 4.41. The van der Waals surface area contributed by atoms with Gasteiger partial charge in [0.2, 0.25) is 0 Å². The first-order valence-corrected chi connectivity index (χ1v) is 9.12. The number of anilines is 1. The molecule has 0 atom stereocenters. The number of rotatable bonds is 6. The van der Waals surface area contributed by atoms with Gasteiger partial charge in [0.1, 0.15) is 11.6 Å². The topological polar surface area (TPSA) is 58.2 Å². The second kappa shape index (κ2) is 9.10. The predicted octanol–water partition coefficient (Wildman–Crippen LogP) is 4.50. The first-order chi connectivity index (χ1) is 13.9. The lowest BCUT2D eigenvalue weighted by Gasteiger charge is -2.11. The van der Waals surface area contributed by atoms with Gasteiger partial charge in [0, 0.05) is 29.4 Å². The molecule has 0 fully saturated rings. The summed E-state index contributed by atoms with van der Waals surface area (Å²) in [5.41, 5.74) is 2.72. The van der Waals surface area contributed by atoms with Crippen LogP contribution in [0.2, 0.25) is 0 Å². The second-order valence-electron chi connectivity index (χ2n) is 6.63. The van der Waals surface area contributed by atoms with Gasteiger partial charge < -0.3 is 10.6 Å². The van der Waals surface area contributed by atoms with Crippen LogP contribution in [0, 0.1) is 18.6 Å². The van der Waals surface area contributed by atoms with Gasteiger partial charge >= 0.3 is 0 Å². The van der Waals surface area contributed by atoms with Gasteiger partial charge in [0.05, 0.1) is 0 Å².